The van der Waals surface area contributed by atoms with Crippen LogP contribution in [0.15, 0.2) is 41.3 Å². The Morgan fingerprint density at radius 2 is 1.90 bits per heavy atom. The Labute approximate surface area is 169 Å². The zero-order valence-corrected chi connectivity index (χ0v) is 16.1. The van der Waals surface area contributed by atoms with Crippen LogP contribution in [0.4, 0.5) is 10.6 Å². The van der Waals surface area contributed by atoms with Crippen molar-refractivity contribution in [1.29, 1.82) is 0 Å². The van der Waals surface area contributed by atoms with E-state index in [0.29, 0.717) is 10.3 Å². The summed E-state index contributed by atoms with van der Waals surface area (Å²) in [7, 11) is 1.49. The number of rotatable bonds is 5. The molecule has 30 heavy (non-hydrogen) atoms. The number of carbonyl (C=O) groups excluding carboxylic acids is 1. The molecule has 5 N–H and O–H groups in total. The lowest BCUT2D eigenvalue weighted by Gasteiger charge is -2.35. The van der Waals surface area contributed by atoms with E-state index in [4.69, 9.17) is 14.2 Å². The molecule has 1 aromatic carbocycles. The molecule has 1 aliphatic heterocycles. The highest BCUT2D eigenvalue weighted by Gasteiger charge is 2.64. The van der Waals surface area contributed by atoms with Crippen LogP contribution in [0.1, 0.15) is 6.92 Å². The van der Waals surface area contributed by atoms with E-state index in [1.54, 1.807) is 12.1 Å². The summed E-state index contributed by atoms with van der Waals surface area (Å²) < 4.78 is 15.7. The van der Waals surface area contributed by atoms with Gasteiger partial charge in [-0.15, -0.1) is 0 Å². The Morgan fingerprint density at radius 1 is 1.27 bits per heavy atom. The Bertz CT molecular complexity index is 976. The van der Waals surface area contributed by atoms with E-state index in [0.717, 1.165) is 19.2 Å². The van der Waals surface area contributed by atoms with E-state index in [1.807, 2.05) is 0 Å². The number of aliphatic hydroxyl groups excluding tert-OH is 2. The molecule has 1 aliphatic rings. The SMILES string of the molecule is COc1ccc(OC(=O)Nc2ccn([C@]3(O)O[C@H](CO)[C@@H](O)[C@@]3(C)O)c(=O)n2)cc1. The first kappa shape index (κ1) is 21.7. The van der Waals surface area contributed by atoms with Crippen LogP contribution in [-0.2, 0) is 10.6 Å². The van der Waals surface area contributed by atoms with Crippen molar-refractivity contribution in [3.8, 4) is 11.5 Å². The van der Waals surface area contributed by atoms with Crippen molar-refractivity contribution in [2.75, 3.05) is 19.0 Å². The second-order valence-corrected chi connectivity index (χ2v) is 6.69. The maximum Gasteiger partial charge on any atom is 0.418 e. The minimum absolute atomic E-state index is 0.199. The topological polar surface area (TPSA) is 173 Å². The molecular formula is C18H21N3O9. The third kappa shape index (κ3) is 3.74. The molecule has 12 nitrogen and oxygen atoms in total. The Balaban J connectivity index is 1.76. The van der Waals surface area contributed by atoms with Crippen LogP contribution in [0.5, 0.6) is 11.5 Å². The minimum Gasteiger partial charge on any atom is -0.497 e. The summed E-state index contributed by atoms with van der Waals surface area (Å²) in [6.45, 7) is 0.330. The largest absolute Gasteiger partial charge is 0.497 e. The Hall–Kier alpha value is -3.03. The first-order valence-corrected chi connectivity index (χ1v) is 8.77. The van der Waals surface area contributed by atoms with Crippen LogP contribution < -0.4 is 20.5 Å². The summed E-state index contributed by atoms with van der Waals surface area (Å²) >= 11 is 0. The number of benzene rings is 1. The normalized spacial score (nSPS) is 28.2. The number of amides is 1. The molecule has 12 heteroatoms. The standard InChI is InChI=1S/C18H21N3O9/c1-17(26)14(23)12(9-22)30-18(17,27)21-8-7-13(19-15(21)24)20-16(25)29-11-5-3-10(28-2)4-6-11/h3-8,12,14,22-23,26-27H,9H2,1-2H3,(H,19,20,24,25)/t12-,14-,17-,18-/m1/s1. The van der Waals surface area contributed by atoms with Gasteiger partial charge in [-0.25, -0.2) is 14.2 Å². The summed E-state index contributed by atoms with van der Waals surface area (Å²) in [6, 6.07) is 7.32. The van der Waals surface area contributed by atoms with Crippen LogP contribution in [0.25, 0.3) is 0 Å². The molecule has 2 heterocycles. The fourth-order valence-electron chi connectivity index (χ4n) is 2.97. The fraction of sp³-hybridized carbons (Fsp3) is 0.389. The van der Waals surface area contributed by atoms with E-state index >= 15 is 0 Å². The molecule has 0 unspecified atom stereocenters. The summed E-state index contributed by atoms with van der Waals surface area (Å²) in [4.78, 5) is 28.0. The van der Waals surface area contributed by atoms with Gasteiger partial charge in [-0.2, -0.15) is 4.98 Å². The molecule has 162 valence electrons. The molecule has 0 spiro atoms. The second kappa shape index (κ2) is 8.01. The lowest BCUT2D eigenvalue weighted by atomic mass is 9.94. The molecular weight excluding hydrogens is 402 g/mol. The van der Waals surface area contributed by atoms with Crippen molar-refractivity contribution in [2.45, 2.75) is 30.6 Å². The summed E-state index contributed by atoms with van der Waals surface area (Å²) in [5.74, 6) is -2.11. The van der Waals surface area contributed by atoms with Crippen LogP contribution in [0, 0.1) is 0 Å². The minimum atomic E-state index is -2.70. The highest BCUT2D eigenvalue weighted by atomic mass is 16.7. The van der Waals surface area contributed by atoms with Gasteiger partial charge in [0.05, 0.1) is 13.7 Å². The zero-order chi connectivity index (χ0) is 22.1. The number of methoxy groups -OCH3 is 1. The van der Waals surface area contributed by atoms with Crippen molar-refractivity contribution >= 4 is 11.9 Å². The van der Waals surface area contributed by atoms with Crippen LogP contribution in [0.3, 0.4) is 0 Å². The maximum atomic E-state index is 12.4. The number of aromatic nitrogens is 2. The number of carbonyl (C=O) groups is 1. The molecule has 0 saturated carbocycles. The van der Waals surface area contributed by atoms with E-state index in [1.165, 1.54) is 19.2 Å². The molecule has 1 amide bonds. The summed E-state index contributed by atoms with van der Waals surface area (Å²) in [6.07, 6.45) is -2.95. The molecule has 0 radical (unpaired) electrons. The summed E-state index contributed by atoms with van der Waals surface area (Å²) in [5.41, 5.74) is -3.44. The number of hydrogen-bond donors (Lipinski definition) is 5. The van der Waals surface area contributed by atoms with E-state index < -0.39 is 42.1 Å². The highest BCUT2D eigenvalue weighted by Crippen LogP contribution is 2.40. The van der Waals surface area contributed by atoms with E-state index in [2.05, 4.69) is 10.3 Å². The van der Waals surface area contributed by atoms with Gasteiger partial charge in [0.25, 0.3) is 5.91 Å². The number of hydrogen-bond acceptors (Lipinski definition) is 10. The molecule has 0 aliphatic carbocycles. The number of nitrogens with one attached hydrogen (secondary N) is 1. The molecule has 1 saturated heterocycles. The van der Waals surface area contributed by atoms with Crippen molar-refractivity contribution in [2.24, 2.45) is 0 Å². The predicted molar refractivity (Wildman–Crippen MR) is 99.9 cm³/mol. The maximum absolute atomic E-state index is 12.4. The van der Waals surface area contributed by atoms with Crippen molar-refractivity contribution in [1.82, 2.24) is 9.55 Å². The van der Waals surface area contributed by atoms with E-state index in [9.17, 15) is 30.0 Å². The third-order valence-corrected chi connectivity index (χ3v) is 4.71. The third-order valence-electron chi connectivity index (χ3n) is 4.71. The number of aliphatic hydroxyl groups is 4. The molecule has 0 bridgehead atoms. The molecule has 2 aromatic rings. The summed E-state index contributed by atoms with van der Waals surface area (Å²) in [5, 5.41) is 42.7. The lowest BCUT2D eigenvalue weighted by Crippen LogP contribution is -2.58. The van der Waals surface area contributed by atoms with Gasteiger partial charge in [-0.05, 0) is 37.3 Å². The number of ether oxygens (including phenoxy) is 3. The quantitative estimate of drug-likeness (QED) is 0.400. The average Bonchev–Trinajstić information content (AvgIpc) is 2.88. The van der Waals surface area contributed by atoms with Gasteiger partial charge in [-0.1, -0.05) is 0 Å². The van der Waals surface area contributed by atoms with Gasteiger partial charge in [-0.3, -0.25) is 5.32 Å². The predicted octanol–water partition coefficient (Wildman–Crippen LogP) is -1.03. The van der Waals surface area contributed by atoms with Gasteiger partial charge in [0.2, 0.25) is 0 Å². The first-order chi connectivity index (χ1) is 14.1. The lowest BCUT2D eigenvalue weighted by molar-refractivity contribution is -0.321. The Kier molecular flexibility index (Phi) is 5.78. The zero-order valence-electron chi connectivity index (χ0n) is 16.1. The second-order valence-electron chi connectivity index (χ2n) is 6.69. The monoisotopic (exact) mass is 423 g/mol. The average molecular weight is 423 g/mol. The molecule has 1 fully saturated rings. The van der Waals surface area contributed by atoms with E-state index in [-0.39, 0.29) is 11.6 Å². The van der Waals surface area contributed by atoms with Crippen LogP contribution in [-0.4, -0.2) is 67.6 Å². The van der Waals surface area contributed by atoms with Crippen LogP contribution >= 0.6 is 0 Å². The van der Waals surface area contributed by atoms with Gasteiger partial charge < -0.3 is 34.6 Å². The number of nitrogens with zero attached hydrogens (tertiary/aromatic N) is 2. The van der Waals surface area contributed by atoms with Crippen LogP contribution in [0.2, 0.25) is 0 Å². The van der Waals surface area contributed by atoms with Gasteiger partial charge in [0.15, 0.2) is 5.60 Å². The fourth-order valence-corrected chi connectivity index (χ4v) is 2.97. The molecule has 1 aromatic heterocycles. The highest BCUT2D eigenvalue weighted by molar-refractivity contribution is 5.84. The first-order valence-electron chi connectivity index (χ1n) is 8.77. The number of anilines is 1. The molecule has 3 rings (SSSR count). The Morgan fingerprint density at radius 3 is 2.43 bits per heavy atom. The van der Waals surface area contributed by atoms with Crippen molar-refractivity contribution < 1.29 is 39.4 Å². The van der Waals surface area contributed by atoms with Gasteiger partial charge in [0.1, 0.15) is 29.5 Å². The van der Waals surface area contributed by atoms with Gasteiger partial charge >= 0.3 is 11.8 Å². The van der Waals surface area contributed by atoms with Crippen molar-refractivity contribution in [3.05, 3.63) is 47.0 Å². The molecule has 4 atom stereocenters. The van der Waals surface area contributed by atoms with Gasteiger partial charge in [0, 0.05) is 6.20 Å². The smallest absolute Gasteiger partial charge is 0.418 e. The van der Waals surface area contributed by atoms with Crippen molar-refractivity contribution in [3.63, 3.8) is 0 Å².